The van der Waals surface area contributed by atoms with Crippen molar-refractivity contribution in [1.82, 2.24) is 14.3 Å². The summed E-state index contributed by atoms with van der Waals surface area (Å²) in [6.45, 7) is 25.0. The molecule has 350 valence electrons. The third-order valence-electron chi connectivity index (χ3n) is 7.03. The van der Waals surface area contributed by atoms with E-state index in [0.29, 0.717) is 15.6 Å². The average Bonchev–Trinajstić information content (AvgIpc) is 3.03. The number of nitrogens with zero attached hydrogens (tertiary/aromatic N) is 2. The molecule has 3 N–H and O–H groups in total. The number of hydrogen-bond donors (Lipinski definition) is 3. The van der Waals surface area contributed by atoms with E-state index in [4.69, 9.17) is 28.4 Å². The first-order chi connectivity index (χ1) is 28.4. The van der Waals surface area contributed by atoms with E-state index < -0.39 is 93.4 Å². The van der Waals surface area contributed by atoms with Gasteiger partial charge in [0.1, 0.15) is 39.8 Å². The van der Waals surface area contributed by atoms with Crippen molar-refractivity contribution in [2.45, 2.75) is 158 Å². The third kappa shape index (κ3) is 20.8. The fourth-order valence-corrected chi connectivity index (χ4v) is 6.06. The Bertz CT molecular complexity index is 2140. The second kappa shape index (κ2) is 20.6. The van der Waals surface area contributed by atoms with Gasteiger partial charge in [-0.05, 0) is 152 Å². The summed E-state index contributed by atoms with van der Waals surface area (Å²) < 4.78 is 62.7. The zero-order chi connectivity index (χ0) is 48.5. The highest BCUT2D eigenvalue weighted by Gasteiger charge is 2.38. The number of esters is 3. The van der Waals surface area contributed by atoms with Crippen LogP contribution in [-0.4, -0.2) is 88.9 Å². The minimum atomic E-state index is -4.95. The van der Waals surface area contributed by atoms with E-state index in [2.05, 4.69) is 20.3 Å². The molecule has 0 spiro atoms. The summed E-state index contributed by atoms with van der Waals surface area (Å²) >= 11 is 0. The number of anilines is 1. The molecule has 0 aromatic heterocycles. The Morgan fingerprint density at radius 2 is 1.21 bits per heavy atom. The first-order valence-corrected chi connectivity index (χ1v) is 21.3. The van der Waals surface area contributed by atoms with Gasteiger partial charge in [-0.2, -0.15) is 17.4 Å². The fraction of sp³-hybridized carbons (Fsp3) is 0.558. The molecule has 0 saturated carbocycles. The lowest BCUT2D eigenvalue weighted by molar-refractivity contribution is -0.164. The molecule has 1 atom stereocenters. The lowest BCUT2D eigenvalue weighted by atomic mass is 10.1. The van der Waals surface area contributed by atoms with Gasteiger partial charge in [0.05, 0.1) is 18.5 Å². The summed E-state index contributed by atoms with van der Waals surface area (Å²) in [4.78, 5) is 81.5. The highest BCUT2D eigenvalue weighted by molar-refractivity contribution is 7.87. The number of nitrogens with one attached hydrogen (secondary N) is 3. The van der Waals surface area contributed by atoms with Crippen LogP contribution >= 0.6 is 0 Å². The second-order valence-electron chi connectivity index (χ2n) is 19.2. The summed E-state index contributed by atoms with van der Waals surface area (Å²) in [5.74, 6) is -2.95. The molecule has 0 bridgehead atoms. The summed E-state index contributed by atoms with van der Waals surface area (Å²) in [6.07, 6.45) is -3.91. The van der Waals surface area contributed by atoms with Gasteiger partial charge in [0.25, 0.3) is 0 Å². The number of ether oxygens (including phenoxy) is 6. The van der Waals surface area contributed by atoms with Crippen molar-refractivity contribution in [2.24, 2.45) is 4.99 Å². The van der Waals surface area contributed by atoms with Gasteiger partial charge < -0.3 is 33.7 Å². The van der Waals surface area contributed by atoms with Crippen LogP contribution in [0.1, 0.15) is 132 Å². The minimum Gasteiger partial charge on any atom is -0.460 e. The molecule has 0 aliphatic heterocycles. The Hall–Kier alpha value is -5.76. The van der Waals surface area contributed by atoms with Gasteiger partial charge in [0, 0.05) is 5.69 Å². The fourth-order valence-electron chi connectivity index (χ4n) is 4.84. The standard InChI is InChI=1S/C43H63N5O14S/c1-26-23-27(25-48(38(54)62-43(14,15)16)63(55,56)47-30(34(51)59-40(5,6)7)24-32(49)58-39(2,3)4)17-22-31(26)57-33(50)28-18-20-29(21-19-28)44-35(45-36(52)60-41(8,9)10)46-37(53)61-42(11,12)13/h17-23,30,47H,24-25H2,1-16H3,(H2,44,45,46,52,53)/t30-/m0/s1. The van der Waals surface area contributed by atoms with E-state index in [-0.39, 0.29) is 22.8 Å². The predicted octanol–water partition coefficient (Wildman–Crippen LogP) is 7.46. The topological polar surface area (TPSA) is 244 Å². The van der Waals surface area contributed by atoms with Gasteiger partial charge >= 0.3 is 46.4 Å². The van der Waals surface area contributed by atoms with E-state index in [1.165, 1.54) is 63.2 Å². The molecule has 0 fully saturated rings. The van der Waals surface area contributed by atoms with E-state index in [0.717, 1.165) is 0 Å². The van der Waals surface area contributed by atoms with Crippen molar-refractivity contribution in [1.29, 1.82) is 0 Å². The van der Waals surface area contributed by atoms with Crippen LogP contribution in [0.3, 0.4) is 0 Å². The maximum Gasteiger partial charge on any atom is 0.437 e. The number of alkyl carbamates (subject to hydrolysis) is 1. The average molecular weight is 906 g/mol. The highest BCUT2D eigenvalue weighted by Crippen LogP contribution is 2.24. The first kappa shape index (κ1) is 53.4. The summed E-state index contributed by atoms with van der Waals surface area (Å²) in [5, 5.41) is 5.16. The Labute approximate surface area is 370 Å². The van der Waals surface area contributed by atoms with Gasteiger partial charge in [-0.1, -0.05) is 12.1 Å². The maximum atomic E-state index is 14.0. The summed E-state index contributed by atoms with van der Waals surface area (Å²) in [6, 6.07) is 8.28. The normalized spacial score (nSPS) is 13.2. The van der Waals surface area contributed by atoms with Crippen molar-refractivity contribution in [3.8, 4) is 5.75 Å². The molecule has 0 unspecified atom stereocenters. The number of hydrogen-bond acceptors (Lipinski definition) is 14. The van der Waals surface area contributed by atoms with Crippen LogP contribution in [0.5, 0.6) is 5.75 Å². The summed E-state index contributed by atoms with van der Waals surface area (Å²) in [5.41, 5.74) is -3.81. The molecule has 0 saturated heterocycles. The number of carbonyl (C=O) groups excluding carboxylic acids is 6. The monoisotopic (exact) mass is 905 g/mol. The van der Waals surface area contributed by atoms with E-state index >= 15 is 0 Å². The number of rotatable bonds is 11. The lowest BCUT2D eigenvalue weighted by Crippen LogP contribution is -2.53. The number of guanidine groups is 1. The number of aryl methyl sites for hydroxylation is 1. The Morgan fingerprint density at radius 1 is 0.683 bits per heavy atom. The van der Waals surface area contributed by atoms with Crippen molar-refractivity contribution in [2.75, 3.05) is 5.32 Å². The van der Waals surface area contributed by atoms with Crippen molar-refractivity contribution in [3.63, 3.8) is 0 Å². The molecule has 3 amide bonds. The van der Waals surface area contributed by atoms with E-state index in [9.17, 15) is 37.2 Å². The molecule has 2 aromatic carbocycles. The number of benzene rings is 2. The molecule has 0 radical (unpaired) electrons. The molecular formula is C43H63N5O14S. The lowest BCUT2D eigenvalue weighted by Gasteiger charge is -2.30. The number of amides is 3. The Balaban J connectivity index is 2.37. The molecule has 0 aliphatic carbocycles. The molecule has 2 rings (SSSR count). The third-order valence-corrected chi connectivity index (χ3v) is 8.47. The molecular weight excluding hydrogens is 843 g/mol. The van der Waals surface area contributed by atoms with Crippen LogP contribution < -0.4 is 20.1 Å². The number of aliphatic imine (C=N–C) groups is 1. The highest BCUT2D eigenvalue weighted by atomic mass is 32.2. The van der Waals surface area contributed by atoms with Crippen molar-refractivity contribution < 1.29 is 65.6 Å². The van der Waals surface area contributed by atoms with Gasteiger partial charge in [0.2, 0.25) is 5.96 Å². The maximum absolute atomic E-state index is 14.0. The van der Waals surface area contributed by atoms with Crippen molar-refractivity contribution >= 4 is 58.0 Å². The SMILES string of the molecule is Cc1cc(CN(C(=O)OC(C)(C)C)S(=O)(=O)N[C@@H](CC(=O)OC(C)(C)C)C(=O)OC(C)(C)C)ccc1OC(=O)c1ccc(NC(=NC(=O)OC(C)(C)C)NC(=O)OC(C)(C)C)cc1. The van der Waals surface area contributed by atoms with Gasteiger partial charge in [-0.15, -0.1) is 4.99 Å². The van der Waals surface area contributed by atoms with Crippen LogP contribution in [0, 0.1) is 6.92 Å². The predicted molar refractivity (Wildman–Crippen MR) is 233 cm³/mol. The second-order valence-corrected chi connectivity index (χ2v) is 20.9. The van der Waals surface area contributed by atoms with Crippen LogP contribution in [0.4, 0.5) is 20.1 Å². The largest absolute Gasteiger partial charge is 0.460 e. The molecule has 2 aromatic rings. The zero-order valence-electron chi connectivity index (χ0n) is 39.1. The molecule has 19 nitrogen and oxygen atoms in total. The molecule has 20 heteroatoms. The molecule has 0 aliphatic rings. The zero-order valence-corrected chi connectivity index (χ0v) is 39.9. The van der Waals surface area contributed by atoms with Crippen LogP contribution in [0.15, 0.2) is 47.5 Å². The van der Waals surface area contributed by atoms with Crippen LogP contribution in [-0.2, 0) is 50.0 Å². The Kier molecular flexibility index (Phi) is 17.5. The van der Waals surface area contributed by atoms with Crippen LogP contribution in [0.2, 0.25) is 0 Å². The van der Waals surface area contributed by atoms with Gasteiger partial charge in [0.15, 0.2) is 0 Å². The van der Waals surface area contributed by atoms with Crippen LogP contribution in [0.25, 0.3) is 0 Å². The van der Waals surface area contributed by atoms with Crippen molar-refractivity contribution in [3.05, 3.63) is 59.2 Å². The van der Waals surface area contributed by atoms with E-state index in [1.807, 2.05) is 0 Å². The van der Waals surface area contributed by atoms with E-state index in [1.54, 1.807) is 90.0 Å². The summed E-state index contributed by atoms with van der Waals surface area (Å²) in [7, 11) is -4.95. The smallest absolute Gasteiger partial charge is 0.437 e. The Morgan fingerprint density at radius 3 is 1.70 bits per heavy atom. The number of carbonyl (C=O) groups is 6. The van der Waals surface area contributed by atoms with Gasteiger partial charge in [-0.25, -0.2) is 19.2 Å². The minimum absolute atomic E-state index is 0.103. The quantitative estimate of drug-likeness (QED) is 0.0652. The molecule has 0 heterocycles. The first-order valence-electron chi connectivity index (χ1n) is 19.9. The molecule has 63 heavy (non-hydrogen) atoms. The van der Waals surface area contributed by atoms with Gasteiger partial charge in [-0.3, -0.25) is 14.9 Å².